The topological polar surface area (TPSA) is 0 Å². The Morgan fingerprint density at radius 1 is 0.625 bits per heavy atom. The molecule has 2 fully saturated rings. The molecule has 4 unspecified atom stereocenters. The van der Waals surface area contributed by atoms with Crippen molar-refractivity contribution in [3.05, 3.63) is 98.2 Å². The first kappa shape index (κ1) is 26.2. The molecule has 2 rings (SSSR count). The summed E-state index contributed by atoms with van der Waals surface area (Å²) in [6.07, 6.45) is 17.7. The highest BCUT2D eigenvalue weighted by atomic mass is 14.4. The predicted molar refractivity (Wildman–Crippen MR) is 145 cm³/mol. The van der Waals surface area contributed by atoms with Crippen LogP contribution in [0.15, 0.2) is 98.2 Å². The van der Waals surface area contributed by atoms with E-state index in [-0.39, 0.29) is 0 Å². The van der Waals surface area contributed by atoms with Gasteiger partial charge in [-0.15, -0.1) is 0 Å². The lowest BCUT2D eigenvalue weighted by Gasteiger charge is -2.20. The van der Waals surface area contributed by atoms with Crippen LogP contribution in [0.4, 0.5) is 0 Å². The van der Waals surface area contributed by atoms with Crippen LogP contribution in [-0.2, 0) is 0 Å². The van der Waals surface area contributed by atoms with Gasteiger partial charge in [0.05, 0.1) is 0 Å². The third-order valence-electron chi connectivity index (χ3n) is 7.87. The van der Waals surface area contributed by atoms with Crippen LogP contribution in [0.25, 0.3) is 0 Å². The Bertz CT molecular complexity index is 704. The van der Waals surface area contributed by atoms with Gasteiger partial charge in [-0.3, -0.25) is 0 Å². The number of unbranched alkanes of at least 4 members (excludes halogenated alkanes) is 2. The summed E-state index contributed by atoms with van der Waals surface area (Å²) in [5, 5.41) is 0. The third kappa shape index (κ3) is 7.22. The van der Waals surface area contributed by atoms with Gasteiger partial charge in [-0.25, -0.2) is 0 Å². The van der Waals surface area contributed by atoms with Gasteiger partial charge in [0.25, 0.3) is 0 Å². The molecule has 0 heterocycles. The molecule has 32 heavy (non-hydrogen) atoms. The highest BCUT2D eigenvalue weighted by Gasteiger charge is 2.35. The Hall–Kier alpha value is -2.08. The fourth-order valence-electron chi connectivity index (χ4n) is 5.65. The van der Waals surface area contributed by atoms with Crippen molar-refractivity contribution in [1.29, 1.82) is 0 Å². The molecule has 0 nitrogen and oxygen atoms in total. The van der Waals surface area contributed by atoms with Crippen molar-refractivity contribution >= 4 is 0 Å². The van der Waals surface area contributed by atoms with Gasteiger partial charge in [-0.2, -0.15) is 0 Å². The molecule has 0 amide bonds. The normalized spacial score (nSPS) is 25.4. The van der Waals surface area contributed by atoms with Crippen molar-refractivity contribution in [1.82, 2.24) is 0 Å². The van der Waals surface area contributed by atoms with Crippen molar-refractivity contribution in [2.45, 2.75) is 77.0 Å². The first-order valence-corrected chi connectivity index (χ1v) is 12.6. The maximum atomic E-state index is 4.51. The van der Waals surface area contributed by atoms with Crippen LogP contribution in [0.5, 0.6) is 0 Å². The van der Waals surface area contributed by atoms with Crippen molar-refractivity contribution in [3.63, 3.8) is 0 Å². The molecule has 0 aromatic heterocycles. The minimum absolute atomic E-state index is 0.479. The number of allylic oxidation sites excluding steroid dienone is 8. The van der Waals surface area contributed by atoms with E-state index in [1.165, 1.54) is 60.8 Å². The molecule has 0 aromatic rings. The molecule has 174 valence electrons. The fourth-order valence-corrected chi connectivity index (χ4v) is 5.65. The first-order valence-electron chi connectivity index (χ1n) is 12.6. The number of hydrogen-bond donors (Lipinski definition) is 0. The van der Waals surface area contributed by atoms with Crippen LogP contribution >= 0.6 is 0 Å². The summed E-state index contributed by atoms with van der Waals surface area (Å²) in [5.41, 5.74) is 7.93. The molecule has 0 N–H and O–H groups in total. The van der Waals surface area contributed by atoms with Crippen LogP contribution in [-0.4, -0.2) is 0 Å². The largest absolute Gasteiger partial charge is 0.0992 e. The molecule has 2 saturated carbocycles. The van der Waals surface area contributed by atoms with Gasteiger partial charge in [0, 0.05) is 11.8 Å². The molecule has 0 aliphatic heterocycles. The van der Waals surface area contributed by atoms with Gasteiger partial charge in [-0.05, 0) is 76.0 Å². The molecule has 4 atom stereocenters. The second-order valence-electron chi connectivity index (χ2n) is 10.2. The van der Waals surface area contributed by atoms with Gasteiger partial charge >= 0.3 is 0 Å². The lowest BCUT2D eigenvalue weighted by Crippen LogP contribution is -2.08. The zero-order valence-corrected chi connectivity index (χ0v) is 20.6. The van der Waals surface area contributed by atoms with Gasteiger partial charge in [0.2, 0.25) is 0 Å². The first-order chi connectivity index (χ1) is 15.3. The van der Waals surface area contributed by atoms with E-state index in [1.54, 1.807) is 0 Å². The summed E-state index contributed by atoms with van der Waals surface area (Å²) in [6.45, 7) is 33.5. The Morgan fingerprint density at radius 3 is 1.34 bits per heavy atom. The average Bonchev–Trinajstić information content (AvgIpc) is 3.20. The van der Waals surface area contributed by atoms with E-state index in [0.717, 1.165) is 49.7 Å². The van der Waals surface area contributed by atoms with Gasteiger partial charge in [-0.1, -0.05) is 111 Å². The molecular formula is C32H46. The lowest BCUT2D eigenvalue weighted by atomic mass is 9.85. The Morgan fingerprint density at radius 2 is 1.00 bits per heavy atom. The third-order valence-corrected chi connectivity index (χ3v) is 7.87. The zero-order valence-electron chi connectivity index (χ0n) is 20.6. The average molecular weight is 431 g/mol. The second kappa shape index (κ2) is 12.8. The quantitative estimate of drug-likeness (QED) is 0.138. The van der Waals surface area contributed by atoms with Crippen molar-refractivity contribution in [2.24, 2.45) is 23.7 Å². The summed E-state index contributed by atoms with van der Waals surface area (Å²) < 4.78 is 0. The van der Waals surface area contributed by atoms with Crippen molar-refractivity contribution in [3.8, 4) is 0 Å². The molecule has 2 aliphatic rings. The molecule has 0 bridgehead atoms. The molecular weight excluding hydrogens is 384 g/mol. The van der Waals surface area contributed by atoms with Crippen LogP contribution in [0.3, 0.4) is 0 Å². The van der Waals surface area contributed by atoms with Crippen LogP contribution in [0, 0.1) is 23.7 Å². The van der Waals surface area contributed by atoms with Gasteiger partial charge < -0.3 is 0 Å². The monoisotopic (exact) mass is 430 g/mol. The van der Waals surface area contributed by atoms with Crippen LogP contribution in [0.2, 0.25) is 0 Å². The number of hydrogen-bond acceptors (Lipinski definition) is 0. The zero-order chi connectivity index (χ0) is 23.7. The molecule has 2 aliphatic carbocycles. The second-order valence-corrected chi connectivity index (χ2v) is 10.2. The highest BCUT2D eigenvalue weighted by molar-refractivity contribution is 5.30. The summed E-state index contributed by atoms with van der Waals surface area (Å²) >= 11 is 0. The molecule has 0 saturated heterocycles. The Balaban J connectivity index is 1.77. The van der Waals surface area contributed by atoms with Crippen LogP contribution in [0.1, 0.15) is 77.0 Å². The molecule has 0 radical (unpaired) electrons. The van der Waals surface area contributed by atoms with Crippen molar-refractivity contribution < 1.29 is 0 Å². The SMILES string of the molecule is C=CC(=C)CCCCC1CC(=C)C(CCC2C(=C)CC(CCCCC(=C)C=C)C2=C)C1=C. The van der Waals surface area contributed by atoms with Crippen molar-refractivity contribution in [2.75, 3.05) is 0 Å². The van der Waals surface area contributed by atoms with Gasteiger partial charge in [0.1, 0.15) is 0 Å². The lowest BCUT2D eigenvalue weighted by molar-refractivity contribution is 0.509. The number of rotatable bonds is 15. The molecule has 0 spiro atoms. The summed E-state index contributed by atoms with van der Waals surface area (Å²) in [6, 6.07) is 0. The van der Waals surface area contributed by atoms with E-state index >= 15 is 0 Å². The Kier molecular flexibility index (Phi) is 10.5. The predicted octanol–water partition coefficient (Wildman–Crippen LogP) is 9.87. The van der Waals surface area contributed by atoms with E-state index in [0.29, 0.717) is 23.7 Å². The van der Waals surface area contributed by atoms with E-state index in [2.05, 4.69) is 52.6 Å². The summed E-state index contributed by atoms with van der Waals surface area (Å²) in [5.74, 6) is 2.18. The van der Waals surface area contributed by atoms with Crippen LogP contribution < -0.4 is 0 Å². The standard InChI is InChI=1S/C32H46/c1-9-23(3)15-11-13-17-29-21-25(5)31(27(29)7)19-20-32-26(6)22-30(28(32)8)18-14-12-16-24(4)10-2/h9-10,29-32H,1-8,11-22H2. The fraction of sp³-hybridized carbons (Fsp3) is 0.500. The summed E-state index contributed by atoms with van der Waals surface area (Å²) in [4.78, 5) is 0. The van der Waals surface area contributed by atoms with E-state index in [1.807, 2.05) is 12.2 Å². The molecule has 0 aromatic carbocycles. The summed E-state index contributed by atoms with van der Waals surface area (Å²) in [7, 11) is 0. The molecule has 0 heteroatoms. The van der Waals surface area contributed by atoms with E-state index in [9.17, 15) is 0 Å². The van der Waals surface area contributed by atoms with E-state index < -0.39 is 0 Å². The maximum Gasteiger partial charge on any atom is 0.000497 e. The Labute approximate surface area is 199 Å². The maximum absolute atomic E-state index is 4.51. The van der Waals surface area contributed by atoms with E-state index in [4.69, 9.17) is 0 Å². The minimum atomic E-state index is 0.479. The van der Waals surface area contributed by atoms with Gasteiger partial charge in [0.15, 0.2) is 0 Å². The smallest absolute Gasteiger partial charge is 0.000497 e. The highest BCUT2D eigenvalue weighted by Crippen LogP contribution is 2.48. The minimum Gasteiger partial charge on any atom is -0.0992 e.